The third-order valence-corrected chi connectivity index (χ3v) is 6.19. The Balaban J connectivity index is 1.48. The molecule has 0 bridgehead atoms. The molecule has 1 aliphatic heterocycles. The monoisotopic (exact) mass is 382 g/mol. The van der Waals surface area contributed by atoms with Gasteiger partial charge in [-0.1, -0.05) is 29.8 Å². The topological polar surface area (TPSA) is 59.4 Å². The van der Waals surface area contributed by atoms with E-state index in [1.54, 1.807) is 0 Å². The van der Waals surface area contributed by atoms with E-state index in [0.717, 1.165) is 43.2 Å². The van der Waals surface area contributed by atoms with E-state index in [1.165, 1.54) is 22.5 Å². The number of hydrogen-bond acceptors (Lipinski definition) is 5. The van der Waals surface area contributed by atoms with Gasteiger partial charge in [0, 0.05) is 37.6 Å². The minimum atomic E-state index is -0.0418. The summed E-state index contributed by atoms with van der Waals surface area (Å²) in [6, 6.07) is 10.8. The molecule has 1 fully saturated rings. The molecule has 1 amide bonds. The van der Waals surface area contributed by atoms with Gasteiger partial charge in [0.15, 0.2) is 0 Å². The third-order valence-electron chi connectivity index (χ3n) is 5.07. The molecule has 1 N–H and O–H groups in total. The van der Waals surface area contributed by atoms with Gasteiger partial charge in [-0.3, -0.25) is 14.6 Å². The highest BCUT2D eigenvalue weighted by atomic mass is 32.1. The molecule has 142 valence electrons. The molecule has 1 saturated heterocycles. The van der Waals surface area contributed by atoms with Crippen LogP contribution < -0.4 is 5.32 Å². The molecule has 1 aromatic carbocycles. The molecular formula is C21H26N4OS. The fourth-order valence-electron chi connectivity index (χ4n) is 3.39. The van der Waals surface area contributed by atoms with Crippen molar-refractivity contribution in [3.8, 4) is 6.07 Å². The van der Waals surface area contributed by atoms with Gasteiger partial charge in [-0.2, -0.15) is 5.26 Å². The zero-order chi connectivity index (χ0) is 19.4. The van der Waals surface area contributed by atoms with Crippen molar-refractivity contribution in [2.75, 3.05) is 38.0 Å². The van der Waals surface area contributed by atoms with E-state index in [2.05, 4.69) is 52.4 Å². The van der Waals surface area contributed by atoms with Crippen LogP contribution in [-0.2, 0) is 11.3 Å². The molecule has 3 rings (SSSR count). The lowest BCUT2D eigenvalue weighted by atomic mass is 10.1. The van der Waals surface area contributed by atoms with E-state index in [0.29, 0.717) is 17.1 Å². The smallest absolute Gasteiger partial charge is 0.239 e. The molecule has 0 spiro atoms. The van der Waals surface area contributed by atoms with Gasteiger partial charge in [0.25, 0.3) is 0 Å². The van der Waals surface area contributed by atoms with E-state index in [9.17, 15) is 10.1 Å². The first kappa shape index (κ1) is 19.6. The van der Waals surface area contributed by atoms with Crippen LogP contribution in [0.3, 0.4) is 0 Å². The van der Waals surface area contributed by atoms with E-state index in [4.69, 9.17) is 0 Å². The zero-order valence-corrected chi connectivity index (χ0v) is 17.0. The third kappa shape index (κ3) is 4.95. The van der Waals surface area contributed by atoms with Crippen LogP contribution in [0.4, 0.5) is 5.00 Å². The summed E-state index contributed by atoms with van der Waals surface area (Å²) in [6.07, 6.45) is 0. The standard InChI is InChI=1S/C21H26N4OS/c1-15-5-4-6-18(11-15)13-24-7-9-25(10-8-24)14-20(26)23-21-19(12-22)16(2)17(3)27-21/h4-6,11H,7-10,13-14H2,1-3H3,(H,23,26). The molecule has 0 unspecified atom stereocenters. The summed E-state index contributed by atoms with van der Waals surface area (Å²) in [7, 11) is 0. The van der Waals surface area contributed by atoms with Crippen LogP contribution in [0.2, 0.25) is 0 Å². The number of nitriles is 1. The number of amides is 1. The summed E-state index contributed by atoms with van der Waals surface area (Å²) in [5, 5.41) is 12.9. The van der Waals surface area contributed by atoms with Crippen molar-refractivity contribution in [3.05, 3.63) is 51.4 Å². The molecular weight excluding hydrogens is 356 g/mol. The van der Waals surface area contributed by atoms with Gasteiger partial charge < -0.3 is 5.32 Å². The van der Waals surface area contributed by atoms with Crippen LogP contribution in [-0.4, -0.2) is 48.4 Å². The Morgan fingerprint density at radius 1 is 1.19 bits per heavy atom. The summed E-state index contributed by atoms with van der Waals surface area (Å²) in [6.45, 7) is 11.0. The lowest BCUT2D eigenvalue weighted by Gasteiger charge is -2.34. The number of carbonyl (C=O) groups excluding carboxylic acids is 1. The van der Waals surface area contributed by atoms with Gasteiger partial charge in [0.2, 0.25) is 5.91 Å². The van der Waals surface area contributed by atoms with E-state index < -0.39 is 0 Å². The van der Waals surface area contributed by atoms with Gasteiger partial charge in [0.1, 0.15) is 11.1 Å². The maximum Gasteiger partial charge on any atom is 0.239 e. The van der Waals surface area contributed by atoms with E-state index in [1.807, 2.05) is 13.8 Å². The Bertz CT molecular complexity index is 860. The van der Waals surface area contributed by atoms with Crippen LogP contribution in [0.5, 0.6) is 0 Å². The second-order valence-electron chi connectivity index (χ2n) is 7.19. The van der Waals surface area contributed by atoms with Gasteiger partial charge in [0.05, 0.1) is 12.1 Å². The Kier molecular flexibility index (Phi) is 6.27. The summed E-state index contributed by atoms with van der Waals surface area (Å²) < 4.78 is 0. The van der Waals surface area contributed by atoms with Gasteiger partial charge in [-0.25, -0.2) is 0 Å². The fourth-order valence-corrected chi connectivity index (χ4v) is 4.42. The van der Waals surface area contributed by atoms with Crippen LogP contribution in [0.25, 0.3) is 0 Å². The molecule has 0 aliphatic carbocycles. The van der Waals surface area contributed by atoms with Gasteiger partial charge in [-0.05, 0) is 31.9 Å². The molecule has 1 aromatic heterocycles. The highest BCUT2D eigenvalue weighted by Gasteiger charge is 2.20. The molecule has 27 heavy (non-hydrogen) atoms. The quantitative estimate of drug-likeness (QED) is 0.862. The van der Waals surface area contributed by atoms with Crippen molar-refractivity contribution in [1.29, 1.82) is 5.26 Å². The van der Waals surface area contributed by atoms with E-state index >= 15 is 0 Å². The predicted octanol–water partition coefficient (Wildman–Crippen LogP) is 3.30. The summed E-state index contributed by atoms with van der Waals surface area (Å²) in [5.41, 5.74) is 4.18. The number of aryl methyl sites for hydroxylation is 2. The highest BCUT2D eigenvalue weighted by Crippen LogP contribution is 2.31. The largest absolute Gasteiger partial charge is 0.315 e. The van der Waals surface area contributed by atoms with Crippen LogP contribution >= 0.6 is 11.3 Å². The van der Waals surface area contributed by atoms with Crippen LogP contribution in [0.15, 0.2) is 24.3 Å². The second kappa shape index (κ2) is 8.66. The first-order valence-electron chi connectivity index (χ1n) is 9.26. The normalized spacial score (nSPS) is 15.5. The molecule has 6 heteroatoms. The second-order valence-corrected chi connectivity index (χ2v) is 8.41. The molecule has 1 aliphatic rings. The maximum absolute atomic E-state index is 12.4. The van der Waals surface area contributed by atoms with Crippen molar-refractivity contribution in [1.82, 2.24) is 9.80 Å². The summed E-state index contributed by atoms with van der Waals surface area (Å²) in [5.74, 6) is -0.0418. The predicted molar refractivity (Wildman–Crippen MR) is 110 cm³/mol. The lowest BCUT2D eigenvalue weighted by Crippen LogP contribution is -2.48. The first-order valence-corrected chi connectivity index (χ1v) is 10.1. The molecule has 2 heterocycles. The molecule has 0 radical (unpaired) electrons. The van der Waals surface area contributed by atoms with Gasteiger partial charge >= 0.3 is 0 Å². The molecule has 0 atom stereocenters. The van der Waals surface area contributed by atoms with Crippen molar-refractivity contribution < 1.29 is 4.79 Å². The number of thiophene rings is 1. The Labute approximate surface area is 165 Å². The number of nitrogens with one attached hydrogen (secondary N) is 1. The van der Waals surface area contributed by atoms with Crippen molar-refractivity contribution in [2.24, 2.45) is 0 Å². The maximum atomic E-state index is 12.4. The van der Waals surface area contributed by atoms with Crippen molar-refractivity contribution >= 4 is 22.2 Å². The minimum absolute atomic E-state index is 0.0418. The molecule has 0 saturated carbocycles. The zero-order valence-electron chi connectivity index (χ0n) is 16.2. The highest BCUT2D eigenvalue weighted by molar-refractivity contribution is 7.16. The number of benzene rings is 1. The number of hydrogen-bond donors (Lipinski definition) is 1. The number of piperazine rings is 1. The number of carbonyl (C=O) groups is 1. The molecule has 2 aromatic rings. The number of rotatable bonds is 5. The first-order chi connectivity index (χ1) is 13.0. The van der Waals surface area contributed by atoms with Crippen molar-refractivity contribution in [3.63, 3.8) is 0 Å². The fraction of sp³-hybridized carbons (Fsp3) is 0.429. The van der Waals surface area contributed by atoms with Crippen LogP contribution in [0.1, 0.15) is 27.1 Å². The van der Waals surface area contributed by atoms with E-state index in [-0.39, 0.29) is 5.91 Å². The average Bonchev–Trinajstić information content (AvgIpc) is 2.89. The number of nitrogens with zero attached hydrogens (tertiary/aromatic N) is 3. The average molecular weight is 383 g/mol. The SMILES string of the molecule is Cc1cccc(CN2CCN(CC(=O)Nc3sc(C)c(C)c3C#N)CC2)c1. The van der Waals surface area contributed by atoms with Crippen molar-refractivity contribution in [2.45, 2.75) is 27.3 Å². The minimum Gasteiger partial charge on any atom is -0.315 e. The molecule has 5 nitrogen and oxygen atoms in total. The Morgan fingerprint density at radius 2 is 1.89 bits per heavy atom. The Morgan fingerprint density at radius 3 is 2.56 bits per heavy atom. The summed E-state index contributed by atoms with van der Waals surface area (Å²) in [4.78, 5) is 18.1. The lowest BCUT2D eigenvalue weighted by molar-refractivity contribution is -0.117. The Hall–Kier alpha value is -2.20. The van der Waals surface area contributed by atoms with Crippen LogP contribution in [0, 0.1) is 32.1 Å². The van der Waals surface area contributed by atoms with Gasteiger partial charge in [-0.15, -0.1) is 11.3 Å². The number of anilines is 1. The summed E-state index contributed by atoms with van der Waals surface area (Å²) >= 11 is 1.48.